The number of amides is 1. The molecule has 5 rings (SSSR count). The minimum Gasteiger partial charge on any atom is -0.309 e. The van der Waals surface area contributed by atoms with E-state index in [4.69, 9.17) is 16.7 Å². The molecule has 0 radical (unpaired) electrons. The molecule has 34 heavy (non-hydrogen) atoms. The van der Waals surface area contributed by atoms with E-state index in [1.807, 2.05) is 36.4 Å². The lowest BCUT2D eigenvalue weighted by atomic mass is 10.0. The summed E-state index contributed by atoms with van der Waals surface area (Å²) in [5, 5.41) is 7.66. The van der Waals surface area contributed by atoms with Crippen molar-refractivity contribution in [2.75, 3.05) is 5.32 Å². The topological polar surface area (TPSA) is 109 Å². The van der Waals surface area contributed by atoms with Crippen LogP contribution in [0.5, 0.6) is 0 Å². The van der Waals surface area contributed by atoms with Gasteiger partial charge in [0.1, 0.15) is 12.4 Å². The van der Waals surface area contributed by atoms with Crippen LogP contribution in [0.2, 0.25) is 5.28 Å². The van der Waals surface area contributed by atoms with E-state index in [2.05, 4.69) is 10.3 Å². The van der Waals surface area contributed by atoms with E-state index < -0.39 is 17.2 Å². The predicted molar refractivity (Wildman–Crippen MR) is 129 cm³/mol. The average Bonchev–Trinajstić information content (AvgIpc) is 3.57. The van der Waals surface area contributed by atoms with Gasteiger partial charge in [0.2, 0.25) is 11.2 Å². The Hall–Kier alpha value is -3.66. The molecule has 3 aromatic heterocycles. The Kier molecular flexibility index (Phi) is 5.60. The maximum atomic E-state index is 13.1. The molecule has 11 heteroatoms. The number of nitrogens with zero attached hydrogens (tertiary/aromatic N) is 6. The number of aromatic nitrogens is 6. The summed E-state index contributed by atoms with van der Waals surface area (Å²) in [5.41, 5.74) is 0.915. The number of halogens is 1. The van der Waals surface area contributed by atoms with Gasteiger partial charge in [-0.1, -0.05) is 31.0 Å². The van der Waals surface area contributed by atoms with Crippen LogP contribution in [0.1, 0.15) is 37.3 Å². The van der Waals surface area contributed by atoms with Crippen molar-refractivity contribution in [2.45, 2.75) is 38.1 Å². The molecular formula is C23H24ClN7O3. The van der Waals surface area contributed by atoms with E-state index in [0.29, 0.717) is 11.7 Å². The number of benzene rings is 1. The summed E-state index contributed by atoms with van der Waals surface area (Å²) in [7, 11) is 2.87. The van der Waals surface area contributed by atoms with E-state index in [-0.39, 0.29) is 23.0 Å². The minimum atomic E-state index is -0.567. The lowest BCUT2D eigenvalue weighted by molar-refractivity contribution is -0.116. The monoisotopic (exact) mass is 481 g/mol. The molecule has 0 aliphatic heterocycles. The lowest BCUT2D eigenvalue weighted by Crippen LogP contribution is -2.37. The maximum absolute atomic E-state index is 13.1. The van der Waals surface area contributed by atoms with Crippen molar-refractivity contribution in [1.82, 2.24) is 28.5 Å². The summed E-state index contributed by atoms with van der Waals surface area (Å²) < 4.78 is 5.24. The Morgan fingerprint density at radius 1 is 1.12 bits per heavy atom. The highest BCUT2D eigenvalue weighted by Gasteiger charge is 2.24. The van der Waals surface area contributed by atoms with Crippen LogP contribution >= 0.6 is 11.6 Å². The molecule has 0 bridgehead atoms. The molecule has 1 saturated carbocycles. The summed E-state index contributed by atoms with van der Waals surface area (Å²) >= 11 is 6.27. The van der Waals surface area contributed by atoms with Crippen molar-refractivity contribution in [3.05, 3.63) is 68.2 Å². The normalized spacial score (nSPS) is 14.2. The maximum Gasteiger partial charge on any atom is 0.332 e. The first kappa shape index (κ1) is 22.1. The second kappa shape index (κ2) is 8.60. The third-order valence-corrected chi connectivity index (χ3v) is 6.66. The third kappa shape index (κ3) is 3.73. The zero-order valence-electron chi connectivity index (χ0n) is 18.9. The molecule has 1 aromatic carbocycles. The van der Waals surface area contributed by atoms with Gasteiger partial charge in [-0.25, -0.2) is 9.48 Å². The molecule has 0 atom stereocenters. The molecule has 1 aliphatic rings. The molecule has 4 aromatic rings. The molecule has 1 fully saturated rings. The van der Waals surface area contributed by atoms with Crippen LogP contribution < -0.4 is 16.6 Å². The van der Waals surface area contributed by atoms with Gasteiger partial charge < -0.3 is 5.32 Å². The average molecular weight is 482 g/mol. The van der Waals surface area contributed by atoms with Crippen LogP contribution in [0.15, 0.2) is 46.0 Å². The number of fused-ring (bicyclic) bond motifs is 1. The summed E-state index contributed by atoms with van der Waals surface area (Å²) in [6.07, 6.45) is 4.51. The van der Waals surface area contributed by atoms with Crippen LogP contribution in [-0.2, 0) is 25.4 Å². The number of rotatable bonds is 5. The second-order valence-electron chi connectivity index (χ2n) is 8.58. The smallest absolute Gasteiger partial charge is 0.309 e. The van der Waals surface area contributed by atoms with Crippen LogP contribution in [0.4, 0.5) is 5.82 Å². The van der Waals surface area contributed by atoms with Crippen LogP contribution in [0, 0.1) is 0 Å². The quantitative estimate of drug-likeness (QED) is 0.441. The first-order valence-corrected chi connectivity index (χ1v) is 11.5. The van der Waals surface area contributed by atoms with Gasteiger partial charge >= 0.3 is 5.69 Å². The van der Waals surface area contributed by atoms with Gasteiger partial charge in [-0.3, -0.25) is 23.3 Å². The van der Waals surface area contributed by atoms with E-state index >= 15 is 0 Å². The predicted octanol–water partition coefficient (Wildman–Crippen LogP) is 2.57. The summed E-state index contributed by atoms with van der Waals surface area (Å²) in [6, 6.07) is 11.5. The summed E-state index contributed by atoms with van der Waals surface area (Å²) in [6.45, 7) is -0.249. The van der Waals surface area contributed by atoms with Crippen LogP contribution in [0.25, 0.3) is 16.9 Å². The molecule has 10 nitrogen and oxygen atoms in total. The van der Waals surface area contributed by atoms with Crippen molar-refractivity contribution >= 4 is 34.5 Å². The van der Waals surface area contributed by atoms with E-state index in [9.17, 15) is 14.4 Å². The molecule has 3 heterocycles. The summed E-state index contributed by atoms with van der Waals surface area (Å²) in [5.74, 6) is 0.517. The molecule has 0 unspecified atom stereocenters. The standard InChI is InChI=1S/C23H24ClN7O3/c1-28-20-19(21(33)29(2)23(28)34)30(22(24)26-20)13-18(32)25-17-12-16(14-8-6-7-9-14)27-31(17)15-10-4-3-5-11-15/h3-5,10-12,14H,6-9,13H2,1-2H3,(H,25,32). The van der Waals surface area contributed by atoms with Gasteiger partial charge in [-0.15, -0.1) is 0 Å². The van der Waals surface area contributed by atoms with E-state index in [0.717, 1.165) is 28.8 Å². The molecular weight excluding hydrogens is 458 g/mol. The fourth-order valence-electron chi connectivity index (χ4n) is 4.57. The number of anilines is 1. The zero-order valence-corrected chi connectivity index (χ0v) is 19.6. The fraction of sp³-hybridized carbons (Fsp3) is 0.348. The highest BCUT2D eigenvalue weighted by Crippen LogP contribution is 2.35. The Labute approximate surface area is 199 Å². The second-order valence-corrected chi connectivity index (χ2v) is 8.91. The van der Waals surface area contributed by atoms with E-state index in [1.54, 1.807) is 4.68 Å². The first-order valence-electron chi connectivity index (χ1n) is 11.1. The van der Waals surface area contributed by atoms with Gasteiger partial charge in [-0.2, -0.15) is 10.1 Å². The van der Waals surface area contributed by atoms with Gasteiger partial charge in [-0.05, 0) is 36.6 Å². The highest BCUT2D eigenvalue weighted by molar-refractivity contribution is 6.29. The third-order valence-electron chi connectivity index (χ3n) is 6.37. The van der Waals surface area contributed by atoms with Crippen LogP contribution in [0.3, 0.4) is 0 Å². The number of carbonyl (C=O) groups is 1. The largest absolute Gasteiger partial charge is 0.332 e. The van der Waals surface area contributed by atoms with Gasteiger partial charge in [0.05, 0.1) is 11.4 Å². The molecule has 176 valence electrons. The molecule has 0 spiro atoms. The van der Waals surface area contributed by atoms with Crippen molar-refractivity contribution in [3.63, 3.8) is 0 Å². The molecule has 1 aliphatic carbocycles. The van der Waals surface area contributed by atoms with Gasteiger partial charge in [0.15, 0.2) is 11.2 Å². The van der Waals surface area contributed by atoms with Crippen molar-refractivity contribution in [1.29, 1.82) is 0 Å². The molecule has 0 saturated heterocycles. The fourth-order valence-corrected chi connectivity index (χ4v) is 4.79. The Morgan fingerprint density at radius 3 is 2.53 bits per heavy atom. The van der Waals surface area contributed by atoms with Crippen LogP contribution in [-0.4, -0.2) is 34.4 Å². The highest BCUT2D eigenvalue weighted by atomic mass is 35.5. The minimum absolute atomic E-state index is 0.0494. The number of nitrogens with one attached hydrogen (secondary N) is 1. The molecule has 1 N–H and O–H groups in total. The van der Waals surface area contributed by atoms with Crippen molar-refractivity contribution < 1.29 is 4.79 Å². The van der Waals surface area contributed by atoms with Gasteiger partial charge in [0.25, 0.3) is 5.56 Å². The van der Waals surface area contributed by atoms with Crippen molar-refractivity contribution in [2.24, 2.45) is 14.1 Å². The lowest BCUT2D eigenvalue weighted by Gasteiger charge is -2.10. The number of para-hydroxylation sites is 1. The number of carbonyl (C=O) groups excluding carboxylic acids is 1. The number of hydrogen-bond acceptors (Lipinski definition) is 5. The first-order chi connectivity index (χ1) is 16.3. The molecule has 1 amide bonds. The number of aryl methyl sites for hydroxylation is 1. The Bertz CT molecular complexity index is 1510. The zero-order chi connectivity index (χ0) is 24.0. The Morgan fingerprint density at radius 2 is 1.82 bits per heavy atom. The number of hydrogen-bond donors (Lipinski definition) is 1. The van der Waals surface area contributed by atoms with Gasteiger partial charge in [0, 0.05) is 26.1 Å². The Balaban J connectivity index is 1.50. The summed E-state index contributed by atoms with van der Waals surface area (Å²) in [4.78, 5) is 42.2. The number of imidazole rings is 1. The van der Waals surface area contributed by atoms with Crippen molar-refractivity contribution in [3.8, 4) is 5.69 Å². The van der Waals surface area contributed by atoms with E-state index in [1.165, 1.54) is 36.1 Å². The SMILES string of the molecule is Cn1c(=O)c2c(nc(Cl)n2CC(=O)Nc2cc(C3CCCC3)nn2-c2ccccc2)n(C)c1=O.